The molecule has 0 bridgehead atoms. The average molecular weight is 522 g/mol. The van der Waals surface area contributed by atoms with Gasteiger partial charge in [-0.1, -0.05) is 44.9 Å². The molecule has 2 aromatic carbocycles. The normalized spacial score (nSPS) is 11.1. The average Bonchev–Trinajstić information content (AvgIpc) is 2.88. The van der Waals surface area contributed by atoms with Crippen molar-refractivity contribution in [2.75, 3.05) is 18.5 Å². The van der Waals surface area contributed by atoms with Crippen molar-refractivity contribution in [2.45, 2.75) is 66.2 Å². The summed E-state index contributed by atoms with van der Waals surface area (Å²) in [7, 11) is -1.75. The molecule has 4 N–H and O–H groups in total. The van der Waals surface area contributed by atoms with Crippen molar-refractivity contribution in [3.8, 4) is 5.75 Å². The van der Waals surface area contributed by atoms with Crippen LogP contribution in [0.25, 0.3) is 21.8 Å². The van der Waals surface area contributed by atoms with Crippen molar-refractivity contribution >= 4 is 36.0 Å². The lowest BCUT2D eigenvalue weighted by Crippen LogP contribution is -2.00. The fourth-order valence-corrected chi connectivity index (χ4v) is 4.92. The van der Waals surface area contributed by atoms with Gasteiger partial charge in [-0.15, -0.1) is 0 Å². The standard InChI is InChI=1S/C28H34N3O3P.C2H6/c1-19-7-12-24-25-17-21(18-30-27(25)28(29)31-26(24)15-19)8-9-22-10-11-23(16-20(22)2)34-13-5-3-4-6-14-35(32)33;1-2/h7,10-12,15-18,32-33H,3-6,8-9,13-14H2,1-2H3,(H2,29,31);1-2H3. The van der Waals surface area contributed by atoms with Gasteiger partial charge in [-0.2, -0.15) is 0 Å². The Kier molecular flexibility index (Phi) is 11.1. The van der Waals surface area contributed by atoms with Crippen LogP contribution >= 0.6 is 8.38 Å². The summed E-state index contributed by atoms with van der Waals surface area (Å²) in [6, 6.07) is 14.8. The van der Waals surface area contributed by atoms with Gasteiger partial charge in [0.05, 0.1) is 12.1 Å². The van der Waals surface area contributed by atoms with E-state index in [9.17, 15) is 0 Å². The van der Waals surface area contributed by atoms with E-state index in [1.54, 1.807) is 0 Å². The Balaban J connectivity index is 0.00000186. The van der Waals surface area contributed by atoms with Crippen LogP contribution < -0.4 is 10.5 Å². The summed E-state index contributed by atoms with van der Waals surface area (Å²) >= 11 is 0. The largest absolute Gasteiger partial charge is 0.494 e. The molecule has 198 valence electrons. The SMILES string of the molecule is CC.Cc1ccc2c(c1)nc(N)c1ncc(CCc3ccc(OCCCCCCP(O)O)cc3C)cc12. The highest BCUT2D eigenvalue weighted by Gasteiger charge is 2.10. The van der Waals surface area contributed by atoms with Gasteiger partial charge in [0.1, 0.15) is 11.3 Å². The van der Waals surface area contributed by atoms with Crippen molar-refractivity contribution < 1.29 is 14.5 Å². The maximum atomic E-state index is 8.94. The molecule has 4 rings (SSSR count). The van der Waals surface area contributed by atoms with Crippen LogP contribution in [0.15, 0.2) is 48.7 Å². The molecule has 7 heteroatoms. The lowest BCUT2D eigenvalue weighted by Gasteiger charge is -2.11. The van der Waals surface area contributed by atoms with E-state index in [2.05, 4.69) is 60.2 Å². The number of pyridine rings is 2. The van der Waals surface area contributed by atoms with Gasteiger partial charge in [-0.25, -0.2) is 4.98 Å². The summed E-state index contributed by atoms with van der Waals surface area (Å²) < 4.78 is 5.92. The number of benzene rings is 2. The number of anilines is 1. The Morgan fingerprint density at radius 2 is 1.68 bits per heavy atom. The molecular formula is C30H40N3O3P. The third kappa shape index (κ3) is 8.10. The number of aromatic nitrogens is 2. The number of fused-ring (bicyclic) bond motifs is 3. The fraction of sp³-hybridized carbons (Fsp3) is 0.400. The highest BCUT2D eigenvalue weighted by molar-refractivity contribution is 7.45. The molecule has 0 aliphatic carbocycles. The Hall–Kier alpha value is -2.79. The van der Waals surface area contributed by atoms with Gasteiger partial charge in [0, 0.05) is 23.1 Å². The molecule has 0 aliphatic heterocycles. The maximum absolute atomic E-state index is 8.94. The molecule has 6 nitrogen and oxygen atoms in total. The summed E-state index contributed by atoms with van der Waals surface area (Å²) in [5.74, 6) is 1.37. The monoisotopic (exact) mass is 521 g/mol. The number of nitrogens with zero attached hydrogens (tertiary/aromatic N) is 2. The molecule has 0 fully saturated rings. The Labute approximate surface area is 221 Å². The minimum absolute atomic E-state index is 0.473. The zero-order valence-corrected chi connectivity index (χ0v) is 23.4. The smallest absolute Gasteiger partial charge is 0.164 e. The predicted molar refractivity (Wildman–Crippen MR) is 156 cm³/mol. The quantitative estimate of drug-likeness (QED) is 0.111. The number of hydrogen-bond donors (Lipinski definition) is 3. The molecule has 37 heavy (non-hydrogen) atoms. The van der Waals surface area contributed by atoms with Crippen molar-refractivity contribution in [1.82, 2.24) is 9.97 Å². The molecule has 4 aromatic rings. The first-order chi connectivity index (χ1) is 17.9. The molecule has 0 unspecified atom stereocenters. The van der Waals surface area contributed by atoms with Gasteiger partial charge in [0.25, 0.3) is 0 Å². The molecule has 0 saturated carbocycles. The van der Waals surface area contributed by atoms with Gasteiger partial charge in [-0.05, 0) is 86.1 Å². The summed E-state index contributed by atoms with van der Waals surface area (Å²) in [5.41, 5.74) is 12.7. The number of hydrogen-bond acceptors (Lipinski definition) is 6. The molecule has 0 radical (unpaired) electrons. The van der Waals surface area contributed by atoms with E-state index >= 15 is 0 Å². The lowest BCUT2D eigenvalue weighted by atomic mass is 9.99. The van der Waals surface area contributed by atoms with Crippen LogP contribution in [0.5, 0.6) is 5.75 Å². The van der Waals surface area contributed by atoms with Crippen LogP contribution in [0.4, 0.5) is 5.82 Å². The van der Waals surface area contributed by atoms with E-state index in [0.717, 1.165) is 71.6 Å². The number of nitrogen functional groups attached to an aromatic ring is 1. The van der Waals surface area contributed by atoms with Gasteiger partial charge in [0.15, 0.2) is 14.2 Å². The van der Waals surface area contributed by atoms with Crippen molar-refractivity contribution in [3.05, 3.63) is 70.9 Å². The van der Waals surface area contributed by atoms with Crippen molar-refractivity contribution in [1.29, 1.82) is 0 Å². The minimum Gasteiger partial charge on any atom is -0.494 e. The van der Waals surface area contributed by atoms with E-state index in [4.69, 9.17) is 20.3 Å². The number of rotatable bonds is 11. The molecule has 0 aliphatic rings. The van der Waals surface area contributed by atoms with Crippen LogP contribution in [-0.2, 0) is 12.8 Å². The summed E-state index contributed by atoms with van der Waals surface area (Å²) in [6.45, 7) is 8.87. The zero-order chi connectivity index (χ0) is 26.8. The zero-order valence-electron chi connectivity index (χ0n) is 22.5. The van der Waals surface area contributed by atoms with Gasteiger partial charge in [-0.3, -0.25) is 4.98 Å². The third-order valence-corrected chi connectivity index (χ3v) is 7.11. The minimum atomic E-state index is -1.75. The molecule has 0 spiro atoms. The van der Waals surface area contributed by atoms with E-state index in [-0.39, 0.29) is 0 Å². The van der Waals surface area contributed by atoms with Crippen LogP contribution in [0.2, 0.25) is 0 Å². The van der Waals surface area contributed by atoms with Crippen LogP contribution in [0, 0.1) is 13.8 Å². The molecule has 0 atom stereocenters. The van der Waals surface area contributed by atoms with E-state index in [1.807, 2.05) is 26.1 Å². The highest BCUT2D eigenvalue weighted by Crippen LogP contribution is 2.28. The number of ether oxygens (including phenoxy) is 1. The Bertz CT molecular complexity index is 1310. The highest BCUT2D eigenvalue weighted by atomic mass is 31.2. The van der Waals surface area contributed by atoms with Crippen molar-refractivity contribution in [3.63, 3.8) is 0 Å². The molecule has 0 amide bonds. The first-order valence-corrected chi connectivity index (χ1v) is 14.7. The molecular weight excluding hydrogens is 481 g/mol. The van der Waals surface area contributed by atoms with E-state index < -0.39 is 8.38 Å². The van der Waals surface area contributed by atoms with Crippen LogP contribution in [-0.4, -0.2) is 32.5 Å². The number of unbranched alkanes of at least 4 members (excludes halogenated alkanes) is 3. The van der Waals surface area contributed by atoms with Gasteiger partial charge < -0.3 is 20.3 Å². The second kappa shape index (κ2) is 14.2. The van der Waals surface area contributed by atoms with Crippen LogP contribution in [0.1, 0.15) is 61.8 Å². The summed E-state index contributed by atoms with van der Waals surface area (Å²) in [6.07, 6.45) is 8.11. The van der Waals surface area contributed by atoms with E-state index in [1.165, 1.54) is 16.7 Å². The first-order valence-electron chi connectivity index (χ1n) is 13.2. The lowest BCUT2D eigenvalue weighted by molar-refractivity contribution is 0.304. The maximum Gasteiger partial charge on any atom is 0.164 e. The fourth-order valence-electron chi connectivity index (χ4n) is 4.42. The van der Waals surface area contributed by atoms with E-state index in [0.29, 0.717) is 18.6 Å². The predicted octanol–water partition coefficient (Wildman–Crippen LogP) is 7.03. The van der Waals surface area contributed by atoms with Crippen LogP contribution in [0.3, 0.4) is 0 Å². The number of nitrogens with two attached hydrogens (primary N) is 1. The van der Waals surface area contributed by atoms with Gasteiger partial charge in [0.2, 0.25) is 0 Å². The summed E-state index contributed by atoms with van der Waals surface area (Å²) in [5, 5.41) is 2.14. The van der Waals surface area contributed by atoms with Crippen molar-refractivity contribution in [2.24, 2.45) is 0 Å². The second-order valence-corrected chi connectivity index (χ2v) is 10.4. The molecule has 2 aromatic heterocycles. The number of aryl methyl sites for hydroxylation is 4. The third-order valence-electron chi connectivity index (χ3n) is 6.39. The molecule has 0 saturated heterocycles. The topological polar surface area (TPSA) is 101 Å². The van der Waals surface area contributed by atoms with Gasteiger partial charge >= 0.3 is 0 Å². The summed E-state index contributed by atoms with van der Waals surface area (Å²) in [4.78, 5) is 27.1. The second-order valence-electron chi connectivity index (χ2n) is 9.20. The first kappa shape index (κ1) is 28.8. The molecule has 2 heterocycles. The Morgan fingerprint density at radius 1 is 0.892 bits per heavy atom. The Morgan fingerprint density at radius 3 is 2.43 bits per heavy atom.